The van der Waals surface area contributed by atoms with E-state index in [0.29, 0.717) is 25.2 Å². The van der Waals surface area contributed by atoms with Crippen molar-refractivity contribution in [1.82, 2.24) is 9.88 Å². The zero-order valence-corrected chi connectivity index (χ0v) is 15.4. The van der Waals surface area contributed by atoms with E-state index < -0.39 is 6.10 Å². The standard InChI is InChI=1S/C20H29N3O2/c1-14-6-4-7-15(2)23(14)13-17(24)12-22-19-11-18(25-3)10-16-8-5-9-21-20(16)19/h5,8-11,14-15,17,22,24H,4,6-7,12-13H2,1-3H3/t14-,15-,17-/m1/s1. The molecule has 5 heteroatoms. The zero-order valence-electron chi connectivity index (χ0n) is 15.4. The fourth-order valence-corrected chi connectivity index (χ4v) is 3.79. The summed E-state index contributed by atoms with van der Waals surface area (Å²) in [6.07, 6.45) is 5.08. The number of ether oxygens (including phenoxy) is 1. The lowest BCUT2D eigenvalue weighted by atomic mass is 9.97. The van der Waals surface area contributed by atoms with Crippen LogP contribution in [-0.4, -0.2) is 53.4 Å². The minimum absolute atomic E-state index is 0.423. The Morgan fingerprint density at radius 1 is 1.32 bits per heavy atom. The average Bonchev–Trinajstić information content (AvgIpc) is 2.62. The van der Waals surface area contributed by atoms with Gasteiger partial charge < -0.3 is 15.2 Å². The van der Waals surface area contributed by atoms with Gasteiger partial charge in [0, 0.05) is 42.8 Å². The van der Waals surface area contributed by atoms with Crippen molar-refractivity contribution in [3.05, 3.63) is 30.5 Å². The molecule has 1 aliphatic rings. The second-order valence-electron chi connectivity index (χ2n) is 7.11. The first-order chi connectivity index (χ1) is 12.1. The summed E-state index contributed by atoms with van der Waals surface area (Å²) in [6, 6.07) is 8.92. The summed E-state index contributed by atoms with van der Waals surface area (Å²) in [5.41, 5.74) is 1.80. The highest BCUT2D eigenvalue weighted by Crippen LogP contribution is 2.28. The number of nitrogens with one attached hydrogen (secondary N) is 1. The molecule has 0 aliphatic carbocycles. The van der Waals surface area contributed by atoms with Crippen molar-refractivity contribution in [2.75, 3.05) is 25.5 Å². The van der Waals surface area contributed by atoms with Crippen LogP contribution in [-0.2, 0) is 0 Å². The lowest BCUT2D eigenvalue weighted by Crippen LogP contribution is -2.48. The number of rotatable bonds is 6. The Labute approximate surface area is 150 Å². The highest BCUT2D eigenvalue weighted by Gasteiger charge is 2.26. The Kier molecular flexibility index (Phi) is 5.76. The van der Waals surface area contributed by atoms with Crippen molar-refractivity contribution in [2.24, 2.45) is 0 Å². The number of likely N-dealkylation sites (tertiary alicyclic amines) is 1. The SMILES string of the molecule is COc1cc(NC[C@@H](O)CN2[C@H](C)CCC[C@H]2C)c2ncccc2c1. The molecule has 0 unspecified atom stereocenters. The minimum Gasteiger partial charge on any atom is -0.497 e. The monoisotopic (exact) mass is 343 g/mol. The third-order valence-electron chi connectivity index (χ3n) is 5.24. The van der Waals surface area contributed by atoms with E-state index in [1.165, 1.54) is 19.3 Å². The molecule has 5 nitrogen and oxygen atoms in total. The molecule has 0 saturated carbocycles. The van der Waals surface area contributed by atoms with E-state index in [-0.39, 0.29) is 0 Å². The van der Waals surface area contributed by atoms with Crippen LogP contribution in [0.2, 0.25) is 0 Å². The topological polar surface area (TPSA) is 57.6 Å². The van der Waals surface area contributed by atoms with Crippen molar-refractivity contribution >= 4 is 16.6 Å². The normalized spacial score (nSPS) is 22.7. The maximum Gasteiger partial charge on any atom is 0.121 e. The van der Waals surface area contributed by atoms with Crippen LogP contribution in [0.5, 0.6) is 5.75 Å². The van der Waals surface area contributed by atoms with Gasteiger partial charge >= 0.3 is 0 Å². The molecule has 3 rings (SSSR count). The van der Waals surface area contributed by atoms with Crippen LogP contribution < -0.4 is 10.1 Å². The number of methoxy groups -OCH3 is 1. The molecular weight excluding hydrogens is 314 g/mol. The second kappa shape index (κ2) is 8.02. The van der Waals surface area contributed by atoms with Gasteiger partial charge in [0.05, 0.1) is 24.4 Å². The quantitative estimate of drug-likeness (QED) is 0.843. The van der Waals surface area contributed by atoms with Crippen molar-refractivity contribution in [2.45, 2.75) is 51.3 Å². The molecule has 136 valence electrons. The predicted octanol–water partition coefficient (Wildman–Crippen LogP) is 3.28. The van der Waals surface area contributed by atoms with Crippen LogP contribution in [0.25, 0.3) is 10.9 Å². The van der Waals surface area contributed by atoms with Crippen molar-refractivity contribution < 1.29 is 9.84 Å². The van der Waals surface area contributed by atoms with Crippen LogP contribution in [0, 0.1) is 0 Å². The van der Waals surface area contributed by atoms with Crippen molar-refractivity contribution in [3.63, 3.8) is 0 Å². The molecule has 0 amide bonds. The van der Waals surface area contributed by atoms with E-state index >= 15 is 0 Å². The summed E-state index contributed by atoms with van der Waals surface area (Å²) >= 11 is 0. The molecule has 25 heavy (non-hydrogen) atoms. The third kappa shape index (κ3) is 4.22. The first kappa shape index (κ1) is 18.0. The van der Waals surface area contributed by atoms with Gasteiger partial charge in [0.2, 0.25) is 0 Å². The van der Waals surface area contributed by atoms with Crippen LogP contribution in [0.15, 0.2) is 30.5 Å². The maximum atomic E-state index is 10.5. The summed E-state index contributed by atoms with van der Waals surface area (Å²) in [5.74, 6) is 0.788. The number of nitrogens with zero attached hydrogens (tertiary/aromatic N) is 2. The third-order valence-corrected chi connectivity index (χ3v) is 5.24. The Bertz CT molecular complexity index is 696. The Hall–Kier alpha value is -1.85. The van der Waals surface area contributed by atoms with E-state index in [1.54, 1.807) is 13.3 Å². The fourth-order valence-electron chi connectivity index (χ4n) is 3.79. The molecule has 2 heterocycles. The molecule has 0 radical (unpaired) electrons. The Balaban J connectivity index is 1.67. The van der Waals surface area contributed by atoms with E-state index in [9.17, 15) is 5.11 Å². The fraction of sp³-hybridized carbons (Fsp3) is 0.550. The van der Waals surface area contributed by atoms with Gasteiger partial charge in [-0.2, -0.15) is 0 Å². The molecule has 1 saturated heterocycles. The smallest absolute Gasteiger partial charge is 0.121 e. The molecule has 0 bridgehead atoms. The summed E-state index contributed by atoms with van der Waals surface area (Å²) in [7, 11) is 1.66. The molecule has 1 aromatic carbocycles. The average molecular weight is 343 g/mol. The predicted molar refractivity (Wildman–Crippen MR) is 102 cm³/mol. The highest BCUT2D eigenvalue weighted by molar-refractivity contribution is 5.91. The number of β-amino-alcohol motifs (C(OH)–C–C–N with tert-alkyl or cyclic N) is 1. The number of benzene rings is 1. The largest absolute Gasteiger partial charge is 0.497 e. The molecule has 2 N–H and O–H groups in total. The lowest BCUT2D eigenvalue weighted by molar-refractivity contribution is 0.0467. The molecule has 0 spiro atoms. The number of aromatic nitrogens is 1. The van der Waals surface area contributed by atoms with Gasteiger partial charge in [0.25, 0.3) is 0 Å². The Morgan fingerprint density at radius 2 is 2.08 bits per heavy atom. The van der Waals surface area contributed by atoms with Gasteiger partial charge in [-0.3, -0.25) is 9.88 Å². The number of piperidine rings is 1. The first-order valence-corrected chi connectivity index (χ1v) is 9.19. The Morgan fingerprint density at radius 3 is 2.80 bits per heavy atom. The summed E-state index contributed by atoms with van der Waals surface area (Å²) in [6.45, 7) is 5.71. The van der Waals surface area contributed by atoms with Crippen molar-refractivity contribution in [3.8, 4) is 5.75 Å². The zero-order chi connectivity index (χ0) is 17.8. The van der Waals surface area contributed by atoms with Gasteiger partial charge in [0.15, 0.2) is 0 Å². The van der Waals surface area contributed by atoms with Crippen LogP contribution >= 0.6 is 0 Å². The minimum atomic E-state index is -0.423. The molecule has 3 atom stereocenters. The van der Waals surface area contributed by atoms with Crippen molar-refractivity contribution in [1.29, 1.82) is 0 Å². The van der Waals surface area contributed by atoms with E-state index in [4.69, 9.17) is 4.74 Å². The number of hydrogen-bond acceptors (Lipinski definition) is 5. The number of hydrogen-bond donors (Lipinski definition) is 2. The number of aliphatic hydroxyl groups is 1. The molecule has 2 aromatic rings. The van der Waals surface area contributed by atoms with Crippen LogP contribution in [0.1, 0.15) is 33.1 Å². The number of pyridine rings is 1. The van der Waals surface area contributed by atoms with Crippen LogP contribution in [0.4, 0.5) is 5.69 Å². The van der Waals surface area contributed by atoms with Crippen LogP contribution in [0.3, 0.4) is 0 Å². The van der Waals surface area contributed by atoms with E-state index in [1.807, 2.05) is 24.3 Å². The molecule has 1 fully saturated rings. The molecular formula is C20H29N3O2. The van der Waals surface area contributed by atoms with Gasteiger partial charge in [-0.05, 0) is 38.8 Å². The highest BCUT2D eigenvalue weighted by atomic mass is 16.5. The van der Waals surface area contributed by atoms with Gasteiger partial charge in [-0.1, -0.05) is 12.5 Å². The summed E-state index contributed by atoms with van der Waals surface area (Å²) in [4.78, 5) is 6.89. The van der Waals surface area contributed by atoms with E-state index in [2.05, 4.69) is 29.0 Å². The molecule has 1 aromatic heterocycles. The lowest BCUT2D eigenvalue weighted by Gasteiger charge is -2.40. The second-order valence-corrected chi connectivity index (χ2v) is 7.11. The first-order valence-electron chi connectivity index (χ1n) is 9.19. The number of aliphatic hydroxyl groups excluding tert-OH is 1. The summed E-state index contributed by atoms with van der Waals surface area (Å²) < 4.78 is 5.38. The van der Waals surface area contributed by atoms with Gasteiger partial charge in [0.1, 0.15) is 5.75 Å². The van der Waals surface area contributed by atoms with Gasteiger partial charge in [-0.15, -0.1) is 0 Å². The van der Waals surface area contributed by atoms with Gasteiger partial charge in [-0.25, -0.2) is 0 Å². The number of anilines is 1. The maximum absolute atomic E-state index is 10.5. The molecule has 1 aliphatic heterocycles. The summed E-state index contributed by atoms with van der Waals surface area (Å²) in [5, 5.41) is 14.9. The van der Waals surface area contributed by atoms with E-state index in [0.717, 1.165) is 22.3 Å². The number of fused-ring (bicyclic) bond motifs is 1.